The molecule has 0 radical (unpaired) electrons. The Morgan fingerprint density at radius 1 is 1.20 bits per heavy atom. The maximum Gasteiger partial charge on any atom is 0.0794 e. The van der Waals surface area contributed by atoms with Gasteiger partial charge in [0.1, 0.15) is 0 Å². The third-order valence-corrected chi connectivity index (χ3v) is 4.39. The maximum atomic E-state index is 9.33. The summed E-state index contributed by atoms with van der Waals surface area (Å²) in [6, 6.07) is 0.681. The predicted molar refractivity (Wildman–Crippen MR) is 57.8 cm³/mol. The molecule has 3 nitrogen and oxygen atoms in total. The number of β-amino-alcohol motifs (C(OH)–C–C–N with tert-alkyl or cyclic N) is 1. The lowest BCUT2D eigenvalue weighted by atomic mass is 9.87. The fraction of sp³-hybridized carbons (Fsp3) is 1.00. The molecule has 2 saturated heterocycles. The van der Waals surface area contributed by atoms with Gasteiger partial charge in [0.05, 0.1) is 11.7 Å². The van der Waals surface area contributed by atoms with Gasteiger partial charge in [-0.2, -0.15) is 0 Å². The van der Waals surface area contributed by atoms with Crippen LogP contribution in [0.25, 0.3) is 0 Å². The molecule has 3 rings (SSSR count). The lowest BCUT2D eigenvalue weighted by Gasteiger charge is -2.48. The molecule has 2 heterocycles. The molecule has 0 aromatic carbocycles. The van der Waals surface area contributed by atoms with Crippen molar-refractivity contribution in [1.82, 2.24) is 4.90 Å². The van der Waals surface area contributed by atoms with Crippen molar-refractivity contribution in [2.24, 2.45) is 0 Å². The van der Waals surface area contributed by atoms with E-state index in [1.165, 1.54) is 32.1 Å². The quantitative estimate of drug-likeness (QED) is 0.706. The fourth-order valence-electron chi connectivity index (χ4n) is 3.47. The molecule has 1 saturated carbocycles. The van der Waals surface area contributed by atoms with Crippen LogP contribution in [0.15, 0.2) is 0 Å². The van der Waals surface area contributed by atoms with Gasteiger partial charge in [0.15, 0.2) is 0 Å². The Balaban J connectivity index is 1.61. The molecule has 86 valence electrons. The van der Waals surface area contributed by atoms with Crippen LogP contribution in [-0.4, -0.2) is 47.4 Å². The second-order valence-corrected chi connectivity index (χ2v) is 5.49. The summed E-state index contributed by atoms with van der Waals surface area (Å²) in [7, 11) is 0. The lowest BCUT2D eigenvalue weighted by Crippen LogP contribution is -2.58. The molecule has 2 aliphatic heterocycles. The summed E-state index contributed by atoms with van der Waals surface area (Å²) in [5.41, 5.74) is 0.226. The Morgan fingerprint density at radius 2 is 1.93 bits per heavy atom. The topological polar surface area (TPSA) is 32.7 Å². The van der Waals surface area contributed by atoms with Crippen LogP contribution in [0.5, 0.6) is 0 Å². The zero-order valence-corrected chi connectivity index (χ0v) is 9.32. The van der Waals surface area contributed by atoms with Gasteiger partial charge in [-0.15, -0.1) is 0 Å². The van der Waals surface area contributed by atoms with Crippen molar-refractivity contribution in [2.45, 2.75) is 56.3 Å². The van der Waals surface area contributed by atoms with E-state index in [0.717, 1.165) is 26.1 Å². The third kappa shape index (κ3) is 1.81. The molecule has 0 amide bonds. The molecule has 0 bridgehead atoms. The normalized spacial score (nSPS) is 37.0. The highest BCUT2D eigenvalue weighted by atomic mass is 16.5. The van der Waals surface area contributed by atoms with Crippen LogP contribution in [0.2, 0.25) is 0 Å². The molecule has 1 spiro atoms. The van der Waals surface area contributed by atoms with Crippen molar-refractivity contribution in [3.05, 3.63) is 0 Å². The highest BCUT2D eigenvalue weighted by Gasteiger charge is 2.43. The van der Waals surface area contributed by atoms with Gasteiger partial charge in [0.25, 0.3) is 0 Å². The predicted octanol–water partition coefficient (Wildman–Crippen LogP) is 1.15. The van der Waals surface area contributed by atoms with Gasteiger partial charge in [-0.3, -0.25) is 4.90 Å². The minimum absolute atomic E-state index is 0.0626. The molecule has 1 N–H and O–H groups in total. The minimum Gasteiger partial charge on any atom is -0.390 e. The first-order chi connectivity index (χ1) is 7.27. The molecule has 0 aromatic heterocycles. The van der Waals surface area contributed by atoms with Crippen molar-refractivity contribution in [2.75, 3.05) is 19.7 Å². The molecular weight excluding hydrogens is 190 g/mol. The molecule has 1 atom stereocenters. The van der Waals surface area contributed by atoms with Gasteiger partial charge in [-0.1, -0.05) is 12.8 Å². The van der Waals surface area contributed by atoms with E-state index in [1.807, 2.05) is 0 Å². The molecule has 1 unspecified atom stereocenters. The summed E-state index contributed by atoms with van der Waals surface area (Å²) in [5.74, 6) is 0. The van der Waals surface area contributed by atoms with Crippen LogP contribution in [0.1, 0.15) is 38.5 Å². The zero-order chi connectivity index (χ0) is 10.3. The van der Waals surface area contributed by atoms with Crippen LogP contribution in [0, 0.1) is 0 Å². The molecule has 0 aromatic rings. The largest absolute Gasteiger partial charge is 0.390 e. The number of ether oxygens (including phenoxy) is 1. The minimum atomic E-state index is -0.0626. The van der Waals surface area contributed by atoms with E-state index in [-0.39, 0.29) is 11.7 Å². The number of likely N-dealkylation sites (tertiary alicyclic amines) is 1. The highest BCUT2D eigenvalue weighted by Crippen LogP contribution is 2.41. The molecule has 1 aliphatic carbocycles. The summed E-state index contributed by atoms with van der Waals surface area (Å²) in [6.45, 7) is 2.71. The number of aliphatic hydroxyl groups is 1. The van der Waals surface area contributed by atoms with Crippen LogP contribution in [-0.2, 0) is 4.74 Å². The van der Waals surface area contributed by atoms with E-state index in [9.17, 15) is 5.11 Å². The SMILES string of the molecule is OC1CN(C2CCOC3(CCCC3)C2)C1. The summed E-state index contributed by atoms with van der Waals surface area (Å²) in [5, 5.41) is 9.33. The molecule has 3 heteroatoms. The molecule has 15 heavy (non-hydrogen) atoms. The first-order valence-electron chi connectivity index (χ1n) is 6.34. The fourth-order valence-corrected chi connectivity index (χ4v) is 3.47. The van der Waals surface area contributed by atoms with Gasteiger partial charge in [-0.05, 0) is 25.7 Å². The van der Waals surface area contributed by atoms with E-state index in [4.69, 9.17) is 4.74 Å². The first kappa shape index (κ1) is 10.1. The maximum absolute atomic E-state index is 9.33. The number of hydrogen-bond acceptors (Lipinski definition) is 3. The van der Waals surface area contributed by atoms with Gasteiger partial charge in [0, 0.05) is 25.7 Å². The highest BCUT2D eigenvalue weighted by molar-refractivity contribution is 4.96. The zero-order valence-electron chi connectivity index (χ0n) is 9.32. The molecule has 3 fully saturated rings. The Morgan fingerprint density at radius 3 is 2.60 bits per heavy atom. The Bertz CT molecular complexity index is 232. The van der Waals surface area contributed by atoms with Crippen LogP contribution >= 0.6 is 0 Å². The van der Waals surface area contributed by atoms with Crippen molar-refractivity contribution in [1.29, 1.82) is 0 Å². The number of hydrogen-bond donors (Lipinski definition) is 1. The van der Waals surface area contributed by atoms with Crippen molar-refractivity contribution in [3.63, 3.8) is 0 Å². The number of nitrogens with zero attached hydrogens (tertiary/aromatic N) is 1. The monoisotopic (exact) mass is 211 g/mol. The lowest BCUT2D eigenvalue weighted by molar-refractivity contribution is -0.125. The Hall–Kier alpha value is -0.120. The van der Waals surface area contributed by atoms with E-state index < -0.39 is 0 Å². The van der Waals surface area contributed by atoms with Gasteiger partial charge in [0.2, 0.25) is 0 Å². The number of rotatable bonds is 1. The smallest absolute Gasteiger partial charge is 0.0794 e. The van der Waals surface area contributed by atoms with Gasteiger partial charge < -0.3 is 9.84 Å². The molecular formula is C12H21NO2. The van der Waals surface area contributed by atoms with E-state index >= 15 is 0 Å². The second kappa shape index (κ2) is 3.72. The molecule has 3 aliphatic rings. The van der Waals surface area contributed by atoms with Crippen molar-refractivity contribution < 1.29 is 9.84 Å². The Labute approximate surface area is 91.4 Å². The first-order valence-corrected chi connectivity index (χ1v) is 6.34. The number of aliphatic hydroxyl groups excluding tert-OH is 1. The van der Waals surface area contributed by atoms with E-state index in [0.29, 0.717) is 6.04 Å². The summed E-state index contributed by atoms with van der Waals surface area (Å²) in [4.78, 5) is 2.44. The average Bonchev–Trinajstić information content (AvgIpc) is 2.62. The standard InChI is InChI=1S/C12H21NO2/c14-11-8-13(9-11)10-3-6-15-12(7-10)4-1-2-5-12/h10-11,14H,1-9H2. The summed E-state index contributed by atoms with van der Waals surface area (Å²) >= 11 is 0. The van der Waals surface area contributed by atoms with Crippen molar-refractivity contribution in [3.8, 4) is 0 Å². The van der Waals surface area contributed by atoms with E-state index in [1.54, 1.807) is 0 Å². The van der Waals surface area contributed by atoms with Gasteiger partial charge in [-0.25, -0.2) is 0 Å². The van der Waals surface area contributed by atoms with Gasteiger partial charge >= 0.3 is 0 Å². The van der Waals surface area contributed by atoms with Crippen LogP contribution in [0.3, 0.4) is 0 Å². The third-order valence-electron chi connectivity index (χ3n) is 4.39. The second-order valence-electron chi connectivity index (χ2n) is 5.49. The van der Waals surface area contributed by atoms with Crippen molar-refractivity contribution >= 4 is 0 Å². The van der Waals surface area contributed by atoms with Crippen LogP contribution in [0.4, 0.5) is 0 Å². The van der Waals surface area contributed by atoms with Crippen LogP contribution < -0.4 is 0 Å². The average molecular weight is 211 g/mol. The summed E-state index contributed by atoms with van der Waals surface area (Å²) in [6.07, 6.45) is 7.52. The Kier molecular flexibility index (Phi) is 2.49. The van der Waals surface area contributed by atoms with E-state index in [2.05, 4.69) is 4.90 Å². The summed E-state index contributed by atoms with van der Waals surface area (Å²) < 4.78 is 6.01.